The average Bonchev–Trinajstić information content (AvgIpc) is 2.28. The molecule has 1 aromatic rings. The van der Waals surface area contributed by atoms with Crippen LogP contribution in [-0.4, -0.2) is 9.55 Å². The van der Waals surface area contributed by atoms with Crippen molar-refractivity contribution < 1.29 is 0 Å². The van der Waals surface area contributed by atoms with Gasteiger partial charge in [-0.15, -0.1) is 0 Å². The zero-order valence-corrected chi connectivity index (χ0v) is 9.68. The van der Waals surface area contributed by atoms with Crippen LogP contribution in [0.5, 0.6) is 0 Å². The predicted molar refractivity (Wildman–Crippen MR) is 52.6 cm³/mol. The van der Waals surface area contributed by atoms with Crippen molar-refractivity contribution >= 4 is 31.9 Å². The van der Waals surface area contributed by atoms with Gasteiger partial charge in [-0.25, -0.2) is 4.98 Å². The zero-order valence-electron chi connectivity index (χ0n) is 6.51. The Kier molecular flexibility index (Phi) is 3.13. The van der Waals surface area contributed by atoms with E-state index in [0.717, 1.165) is 15.8 Å². The number of nitrogens with zero attached hydrogens (tertiary/aromatic N) is 2. The van der Waals surface area contributed by atoms with E-state index in [1.54, 1.807) is 0 Å². The van der Waals surface area contributed by atoms with Crippen LogP contribution in [0, 0.1) is 0 Å². The topological polar surface area (TPSA) is 17.8 Å². The fourth-order valence-electron chi connectivity index (χ4n) is 0.849. The second-order valence-corrected chi connectivity index (χ2v) is 4.02. The number of rotatable bonds is 2. The Morgan fingerprint density at radius 3 is 2.64 bits per heavy atom. The minimum atomic E-state index is 0.503. The summed E-state index contributed by atoms with van der Waals surface area (Å²) in [5.74, 6) is 0. The Balaban J connectivity index is 2.93. The summed E-state index contributed by atoms with van der Waals surface area (Å²) in [4.78, 5) is 4.18. The molecule has 0 amide bonds. The van der Waals surface area contributed by atoms with Gasteiger partial charge in [0.1, 0.15) is 4.60 Å². The normalized spacial score (nSPS) is 13.5. The maximum absolute atomic E-state index is 4.18. The minimum Gasteiger partial charge on any atom is -0.322 e. The number of hydrogen-bond acceptors (Lipinski definition) is 1. The van der Waals surface area contributed by atoms with Gasteiger partial charge in [-0.1, -0.05) is 6.92 Å². The third-order valence-corrected chi connectivity index (χ3v) is 2.69. The molecule has 1 unspecified atom stereocenters. The fourth-order valence-corrected chi connectivity index (χ4v) is 2.12. The second kappa shape index (κ2) is 3.72. The average molecular weight is 282 g/mol. The maximum Gasteiger partial charge on any atom is 0.178 e. The lowest BCUT2D eigenvalue weighted by Crippen LogP contribution is -2.01. The fraction of sp³-hybridized carbons (Fsp3) is 0.571. The zero-order chi connectivity index (χ0) is 8.43. The molecule has 0 aromatic carbocycles. The minimum absolute atomic E-state index is 0.503. The third kappa shape index (κ3) is 2.06. The molecule has 1 rings (SSSR count). The summed E-state index contributed by atoms with van der Waals surface area (Å²) in [5, 5.41) is 0. The van der Waals surface area contributed by atoms with Crippen molar-refractivity contribution in [3.63, 3.8) is 0 Å². The summed E-state index contributed by atoms with van der Waals surface area (Å²) in [6, 6.07) is 0.503. The summed E-state index contributed by atoms with van der Waals surface area (Å²) >= 11 is 6.70. The molecular weight excluding hydrogens is 272 g/mol. The van der Waals surface area contributed by atoms with Crippen molar-refractivity contribution in [3.8, 4) is 0 Å². The number of imidazole rings is 1. The molecule has 62 valence electrons. The number of aromatic nitrogens is 2. The Hall–Kier alpha value is 0.170. The smallest absolute Gasteiger partial charge is 0.178 e. The van der Waals surface area contributed by atoms with Crippen LogP contribution in [0.1, 0.15) is 26.3 Å². The van der Waals surface area contributed by atoms with Crippen LogP contribution in [-0.2, 0) is 0 Å². The van der Waals surface area contributed by atoms with Crippen LogP contribution in [0.25, 0.3) is 0 Å². The number of halogens is 2. The summed E-state index contributed by atoms with van der Waals surface area (Å²) in [5.41, 5.74) is 0. The molecule has 1 heterocycles. The van der Waals surface area contributed by atoms with Gasteiger partial charge in [0.25, 0.3) is 0 Å². The molecule has 2 nitrogen and oxygen atoms in total. The van der Waals surface area contributed by atoms with Gasteiger partial charge >= 0.3 is 0 Å². The summed E-state index contributed by atoms with van der Waals surface area (Å²) in [7, 11) is 0. The first-order chi connectivity index (χ1) is 5.15. The molecule has 11 heavy (non-hydrogen) atoms. The van der Waals surface area contributed by atoms with E-state index in [0.29, 0.717) is 6.04 Å². The van der Waals surface area contributed by atoms with Crippen LogP contribution >= 0.6 is 31.9 Å². The van der Waals surface area contributed by atoms with E-state index >= 15 is 0 Å². The molecule has 0 radical (unpaired) electrons. The first-order valence-electron chi connectivity index (χ1n) is 3.55. The van der Waals surface area contributed by atoms with Gasteiger partial charge in [0.2, 0.25) is 0 Å². The first-order valence-corrected chi connectivity index (χ1v) is 5.13. The third-order valence-electron chi connectivity index (χ3n) is 1.72. The van der Waals surface area contributed by atoms with Crippen molar-refractivity contribution in [2.24, 2.45) is 0 Å². The van der Waals surface area contributed by atoms with Crippen molar-refractivity contribution in [2.75, 3.05) is 0 Å². The van der Waals surface area contributed by atoms with Crippen LogP contribution < -0.4 is 0 Å². The molecule has 0 saturated carbocycles. The van der Waals surface area contributed by atoms with Crippen LogP contribution in [0.2, 0.25) is 0 Å². The Bertz CT molecular complexity index is 245. The van der Waals surface area contributed by atoms with E-state index < -0.39 is 0 Å². The van der Waals surface area contributed by atoms with Gasteiger partial charge in [0, 0.05) is 12.2 Å². The molecule has 1 atom stereocenters. The lowest BCUT2D eigenvalue weighted by molar-refractivity contribution is 0.520. The van der Waals surface area contributed by atoms with Crippen molar-refractivity contribution in [3.05, 3.63) is 15.5 Å². The highest BCUT2D eigenvalue weighted by Gasteiger charge is 2.07. The highest BCUT2D eigenvalue weighted by atomic mass is 79.9. The molecule has 0 aliphatic heterocycles. The van der Waals surface area contributed by atoms with Crippen LogP contribution in [0.4, 0.5) is 0 Å². The summed E-state index contributed by atoms with van der Waals surface area (Å²) in [6.45, 7) is 4.32. The lowest BCUT2D eigenvalue weighted by Gasteiger charge is -2.10. The number of hydrogen-bond donors (Lipinski definition) is 0. The lowest BCUT2D eigenvalue weighted by atomic mass is 10.3. The molecule has 0 aliphatic rings. The monoisotopic (exact) mass is 280 g/mol. The molecule has 0 spiro atoms. The maximum atomic E-state index is 4.18. The molecule has 0 N–H and O–H groups in total. The van der Waals surface area contributed by atoms with E-state index in [4.69, 9.17) is 0 Å². The quantitative estimate of drug-likeness (QED) is 0.813. The molecular formula is C7H10Br2N2. The predicted octanol–water partition coefficient (Wildman–Crippen LogP) is 3.38. The molecule has 0 fully saturated rings. The molecule has 0 aliphatic carbocycles. The Labute approximate surface area is 83.3 Å². The van der Waals surface area contributed by atoms with Gasteiger partial charge in [-0.2, -0.15) is 0 Å². The summed E-state index contributed by atoms with van der Waals surface area (Å²) in [6.07, 6.45) is 3.10. The largest absolute Gasteiger partial charge is 0.322 e. The van der Waals surface area contributed by atoms with Crippen molar-refractivity contribution in [2.45, 2.75) is 26.3 Å². The highest BCUT2D eigenvalue weighted by molar-refractivity contribution is 9.11. The molecule has 4 heteroatoms. The van der Waals surface area contributed by atoms with E-state index in [1.165, 1.54) is 0 Å². The second-order valence-electron chi connectivity index (χ2n) is 2.50. The molecule has 0 bridgehead atoms. The van der Waals surface area contributed by atoms with Crippen LogP contribution in [0.15, 0.2) is 15.5 Å². The van der Waals surface area contributed by atoms with Crippen molar-refractivity contribution in [1.29, 1.82) is 0 Å². The van der Waals surface area contributed by atoms with Gasteiger partial charge in [0.05, 0.1) is 0 Å². The van der Waals surface area contributed by atoms with Gasteiger partial charge in [-0.3, -0.25) is 0 Å². The molecule has 0 saturated heterocycles. The van der Waals surface area contributed by atoms with E-state index in [9.17, 15) is 0 Å². The van der Waals surface area contributed by atoms with Crippen LogP contribution in [0.3, 0.4) is 0 Å². The van der Waals surface area contributed by atoms with E-state index in [-0.39, 0.29) is 0 Å². The summed E-state index contributed by atoms with van der Waals surface area (Å²) < 4.78 is 3.87. The van der Waals surface area contributed by atoms with E-state index in [1.807, 2.05) is 6.20 Å². The standard InChI is InChI=1S/C7H10Br2N2/c1-3-5(2)11-4-6(8)10-7(11)9/h4-5H,3H2,1-2H3. The van der Waals surface area contributed by atoms with Crippen molar-refractivity contribution in [1.82, 2.24) is 9.55 Å². The van der Waals surface area contributed by atoms with Gasteiger partial charge < -0.3 is 4.57 Å². The van der Waals surface area contributed by atoms with Gasteiger partial charge in [-0.05, 0) is 45.2 Å². The Morgan fingerprint density at radius 2 is 2.27 bits per heavy atom. The Morgan fingerprint density at radius 1 is 1.64 bits per heavy atom. The first kappa shape index (κ1) is 9.26. The SMILES string of the molecule is CCC(C)n1cc(Br)nc1Br. The van der Waals surface area contributed by atoms with Gasteiger partial charge in [0.15, 0.2) is 4.73 Å². The molecule has 1 aromatic heterocycles. The highest BCUT2D eigenvalue weighted by Crippen LogP contribution is 2.21. The van der Waals surface area contributed by atoms with E-state index in [2.05, 4.69) is 55.3 Å².